The van der Waals surface area contributed by atoms with Crippen LogP contribution in [0.1, 0.15) is 45.2 Å². The van der Waals surface area contributed by atoms with E-state index in [4.69, 9.17) is 16.3 Å². The summed E-state index contributed by atoms with van der Waals surface area (Å²) in [5.74, 6) is -1.43. The van der Waals surface area contributed by atoms with Gasteiger partial charge in [-0.15, -0.1) is 0 Å². The number of ether oxygens (including phenoxy) is 1. The molecule has 0 aliphatic rings. The minimum Gasteiger partial charge on any atom is -0.481 e. The number of rotatable bonds is 8. The highest BCUT2D eigenvalue weighted by molar-refractivity contribution is 6.30. The largest absolute Gasteiger partial charge is 0.481 e. The molecule has 8 heteroatoms. The summed E-state index contributed by atoms with van der Waals surface area (Å²) < 4.78 is 5.01. The first-order chi connectivity index (χ1) is 12.1. The van der Waals surface area contributed by atoms with Crippen molar-refractivity contribution in [3.8, 4) is 0 Å². The van der Waals surface area contributed by atoms with Crippen LogP contribution in [0.25, 0.3) is 0 Å². The Balaban J connectivity index is 2.98. The van der Waals surface area contributed by atoms with Gasteiger partial charge in [0.1, 0.15) is 6.04 Å². The van der Waals surface area contributed by atoms with Crippen LogP contribution in [0, 0.1) is 0 Å². The highest BCUT2D eigenvalue weighted by Crippen LogP contribution is 2.25. The van der Waals surface area contributed by atoms with Gasteiger partial charge in [-0.1, -0.05) is 30.7 Å². The van der Waals surface area contributed by atoms with Gasteiger partial charge in [0.15, 0.2) is 0 Å². The third-order valence-electron chi connectivity index (χ3n) is 3.78. The lowest BCUT2D eigenvalue weighted by molar-refractivity contribution is -0.141. The van der Waals surface area contributed by atoms with Crippen molar-refractivity contribution < 1.29 is 24.2 Å². The second-order valence-electron chi connectivity index (χ2n) is 6.17. The number of likely N-dealkylation sites (N-methyl/N-ethyl adjacent to an activating group) is 1. The van der Waals surface area contributed by atoms with Crippen LogP contribution in [-0.2, 0) is 14.3 Å². The molecule has 1 rings (SSSR count). The second-order valence-corrected chi connectivity index (χ2v) is 6.61. The smallest absolute Gasteiger partial charge is 0.408 e. The summed E-state index contributed by atoms with van der Waals surface area (Å²) in [5, 5.41) is 12.3. The second kappa shape index (κ2) is 10.0. The molecule has 0 heterocycles. The SMILES string of the molecule is CC[C@H](NC(=O)OC(C)C)C(=O)N(C)C(CC(=O)O)c1ccc(Cl)cc1. The maximum absolute atomic E-state index is 12.8. The molecule has 0 fully saturated rings. The first-order valence-electron chi connectivity index (χ1n) is 8.36. The monoisotopic (exact) mass is 384 g/mol. The van der Waals surface area contributed by atoms with Gasteiger partial charge in [-0.3, -0.25) is 9.59 Å². The molecule has 0 bridgehead atoms. The van der Waals surface area contributed by atoms with Crippen molar-refractivity contribution in [2.24, 2.45) is 0 Å². The maximum atomic E-state index is 12.8. The molecule has 1 aromatic carbocycles. The molecule has 26 heavy (non-hydrogen) atoms. The lowest BCUT2D eigenvalue weighted by atomic mass is 10.0. The lowest BCUT2D eigenvalue weighted by Crippen LogP contribution is -2.48. The summed E-state index contributed by atoms with van der Waals surface area (Å²) in [6, 6.07) is 5.14. The fourth-order valence-corrected chi connectivity index (χ4v) is 2.58. The van der Waals surface area contributed by atoms with Crippen LogP contribution in [-0.4, -0.2) is 47.2 Å². The molecule has 0 aromatic heterocycles. The molecular formula is C18H25ClN2O5. The number of amides is 2. The Morgan fingerprint density at radius 3 is 2.27 bits per heavy atom. The summed E-state index contributed by atoms with van der Waals surface area (Å²) in [6.45, 7) is 5.16. The number of aliphatic carboxylic acids is 1. The van der Waals surface area contributed by atoms with Crippen molar-refractivity contribution in [1.29, 1.82) is 0 Å². The first-order valence-corrected chi connectivity index (χ1v) is 8.74. The summed E-state index contributed by atoms with van der Waals surface area (Å²) in [5.41, 5.74) is 0.646. The van der Waals surface area contributed by atoms with E-state index in [-0.39, 0.29) is 12.5 Å². The average Bonchev–Trinajstić information content (AvgIpc) is 2.56. The van der Waals surface area contributed by atoms with Gasteiger partial charge in [0, 0.05) is 12.1 Å². The Labute approximate surface area is 158 Å². The number of benzene rings is 1. The van der Waals surface area contributed by atoms with E-state index in [2.05, 4.69) is 5.32 Å². The molecule has 0 radical (unpaired) electrons. The van der Waals surface area contributed by atoms with E-state index in [1.165, 1.54) is 11.9 Å². The average molecular weight is 385 g/mol. The lowest BCUT2D eigenvalue weighted by Gasteiger charge is -2.31. The Kier molecular flexibility index (Phi) is 8.38. The van der Waals surface area contributed by atoms with Gasteiger partial charge in [0.25, 0.3) is 0 Å². The van der Waals surface area contributed by atoms with Crippen molar-refractivity contribution in [1.82, 2.24) is 10.2 Å². The Bertz CT molecular complexity index is 633. The number of carboxylic acid groups (broad SMARTS) is 1. The standard InChI is InChI=1S/C18H25ClN2O5/c1-5-14(20-18(25)26-11(2)3)17(24)21(4)15(10-16(22)23)12-6-8-13(19)9-7-12/h6-9,11,14-15H,5,10H2,1-4H3,(H,20,25)(H,22,23)/t14-,15?/m0/s1. The minimum atomic E-state index is -1.04. The van der Waals surface area contributed by atoms with Crippen molar-refractivity contribution in [2.45, 2.75) is 51.8 Å². The van der Waals surface area contributed by atoms with E-state index in [9.17, 15) is 19.5 Å². The summed E-state index contributed by atoms with van der Waals surface area (Å²) in [7, 11) is 1.52. The summed E-state index contributed by atoms with van der Waals surface area (Å²) in [6.07, 6.45) is -0.919. The molecular weight excluding hydrogens is 360 g/mol. The molecule has 1 aromatic rings. The summed E-state index contributed by atoms with van der Waals surface area (Å²) >= 11 is 5.88. The van der Waals surface area contributed by atoms with Crippen molar-refractivity contribution in [2.75, 3.05) is 7.05 Å². The van der Waals surface area contributed by atoms with Crippen molar-refractivity contribution >= 4 is 29.6 Å². The van der Waals surface area contributed by atoms with Crippen molar-refractivity contribution in [3.63, 3.8) is 0 Å². The molecule has 0 spiro atoms. The van der Waals surface area contributed by atoms with Gasteiger partial charge < -0.3 is 20.1 Å². The Morgan fingerprint density at radius 1 is 1.23 bits per heavy atom. The molecule has 7 nitrogen and oxygen atoms in total. The normalized spacial score (nSPS) is 13.0. The molecule has 2 amide bonds. The fourth-order valence-electron chi connectivity index (χ4n) is 2.46. The fraction of sp³-hybridized carbons (Fsp3) is 0.500. The topological polar surface area (TPSA) is 95.9 Å². The van der Waals surface area contributed by atoms with E-state index in [0.29, 0.717) is 17.0 Å². The zero-order chi connectivity index (χ0) is 19.9. The number of hydrogen-bond acceptors (Lipinski definition) is 4. The first kappa shape index (κ1) is 21.8. The van der Waals surface area contributed by atoms with E-state index < -0.39 is 30.1 Å². The number of hydrogen-bond donors (Lipinski definition) is 2. The molecule has 0 saturated heterocycles. The predicted molar refractivity (Wildman–Crippen MR) is 98.0 cm³/mol. The zero-order valence-electron chi connectivity index (χ0n) is 15.4. The van der Waals surface area contributed by atoms with Crippen LogP contribution in [0.3, 0.4) is 0 Å². The van der Waals surface area contributed by atoms with Crippen LogP contribution < -0.4 is 5.32 Å². The van der Waals surface area contributed by atoms with E-state index in [1.807, 2.05) is 0 Å². The number of nitrogens with zero attached hydrogens (tertiary/aromatic N) is 1. The molecule has 0 aliphatic carbocycles. The number of carbonyl (C=O) groups excluding carboxylic acids is 2. The van der Waals surface area contributed by atoms with Crippen molar-refractivity contribution in [3.05, 3.63) is 34.9 Å². The molecule has 1 unspecified atom stereocenters. The molecule has 0 aliphatic heterocycles. The highest BCUT2D eigenvalue weighted by Gasteiger charge is 2.30. The molecule has 2 N–H and O–H groups in total. The highest BCUT2D eigenvalue weighted by atomic mass is 35.5. The van der Waals surface area contributed by atoms with Crippen LogP contribution >= 0.6 is 11.6 Å². The number of halogens is 1. The minimum absolute atomic E-state index is 0.267. The van der Waals surface area contributed by atoms with Crippen LogP contribution in [0.5, 0.6) is 0 Å². The van der Waals surface area contributed by atoms with Gasteiger partial charge >= 0.3 is 12.1 Å². The molecule has 2 atom stereocenters. The van der Waals surface area contributed by atoms with Gasteiger partial charge in [-0.2, -0.15) is 0 Å². The summed E-state index contributed by atoms with van der Waals surface area (Å²) in [4.78, 5) is 37.2. The number of carbonyl (C=O) groups is 3. The Morgan fingerprint density at radius 2 is 1.81 bits per heavy atom. The molecule has 0 saturated carbocycles. The van der Waals surface area contributed by atoms with Gasteiger partial charge in [0.05, 0.1) is 18.6 Å². The zero-order valence-corrected chi connectivity index (χ0v) is 16.1. The number of carboxylic acids is 1. The van der Waals surface area contributed by atoms with Crippen LogP contribution in [0.2, 0.25) is 5.02 Å². The van der Waals surface area contributed by atoms with Crippen LogP contribution in [0.4, 0.5) is 4.79 Å². The number of nitrogens with one attached hydrogen (secondary N) is 1. The predicted octanol–water partition coefficient (Wildman–Crippen LogP) is 3.23. The van der Waals surface area contributed by atoms with Gasteiger partial charge in [-0.05, 0) is 38.0 Å². The Hall–Kier alpha value is -2.28. The van der Waals surface area contributed by atoms with E-state index in [0.717, 1.165) is 0 Å². The third-order valence-corrected chi connectivity index (χ3v) is 4.03. The van der Waals surface area contributed by atoms with Gasteiger partial charge in [0.2, 0.25) is 5.91 Å². The quantitative estimate of drug-likeness (QED) is 0.717. The van der Waals surface area contributed by atoms with Crippen LogP contribution in [0.15, 0.2) is 24.3 Å². The van der Waals surface area contributed by atoms with E-state index in [1.54, 1.807) is 45.0 Å². The molecule has 144 valence electrons. The maximum Gasteiger partial charge on any atom is 0.408 e. The number of alkyl carbamates (subject to hydrolysis) is 1. The third kappa shape index (κ3) is 6.55. The van der Waals surface area contributed by atoms with E-state index >= 15 is 0 Å². The van der Waals surface area contributed by atoms with Gasteiger partial charge in [-0.25, -0.2) is 4.79 Å².